The molecule has 2 rings (SSSR count). The van der Waals surface area contributed by atoms with Crippen molar-refractivity contribution in [3.05, 3.63) is 0 Å². The van der Waals surface area contributed by atoms with E-state index in [0.717, 1.165) is 18.9 Å². The summed E-state index contributed by atoms with van der Waals surface area (Å²) in [5, 5.41) is 3.46. The number of nitrogens with one attached hydrogen (secondary N) is 1. The molecule has 0 bridgehead atoms. The SMILES string of the molecule is CCN(CC1CCC1)C(C)CC(C)(NC1CC1)C(N)=O. The summed E-state index contributed by atoms with van der Waals surface area (Å²) < 4.78 is 0. The molecule has 0 aromatic carbocycles. The number of carbonyl (C=O) groups is 1. The van der Waals surface area contributed by atoms with Crippen LogP contribution in [-0.2, 0) is 4.79 Å². The Bertz CT molecular complexity index is 339. The molecule has 0 saturated heterocycles. The van der Waals surface area contributed by atoms with Gasteiger partial charge in [0.05, 0.1) is 5.54 Å². The van der Waals surface area contributed by atoms with Gasteiger partial charge in [-0.2, -0.15) is 0 Å². The second kappa shape index (κ2) is 6.44. The zero-order chi connectivity index (χ0) is 14.8. The number of hydrogen-bond donors (Lipinski definition) is 2. The molecule has 1 amide bonds. The van der Waals surface area contributed by atoms with Crippen molar-refractivity contribution >= 4 is 5.91 Å². The molecule has 2 aliphatic carbocycles. The van der Waals surface area contributed by atoms with Crippen molar-refractivity contribution in [3.63, 3.8) is 0 Å². The summed E-state index contributed by atoms with van der Waals surface area (Å²) in [5.41, 5.74) is 5.09. The fraction of sp³-hybridized carbons (Fsp3) is 0.938. The van der Waals surface area contributed by atoms with Gasteiger partial charge in [0.15, 0.2) is 0 Å². The Morgan fingerprint density at radius 2 is 2.05 bits per heavy atom. The van der Waals surface area contributed by atoms with Gasteiger partial charge in [0.1, 0.15) is 0 Å². The predicted octanol–water partition coefficient (Wildman–Crippen LogP) is 1.88. The Morgan fingerprint density at radius 3 is 2.45 bits per heavy atom. The summed E-state index contributed by atoms with van der Waals surface area (Å²) >= 11 is 0. The van der Waals surface area contributed by atoms with Gasteiger partial charge >= 0.3 is 0 Å². The normalized spacial score (nSPS) is 24.2. The molecule has 20 heavy (non-hydrogen) atoms. The van der Waals surface area contributed by atoms with Crippen LogP contribution >= 0.6 is 0 Å². The average molecular weight is 281 g/mol. The molecular weight excluding hydrogens is 250 g/mol. The van der Waals surface area contributed by atoms with Crippen molar-refractivity contribution in [1.29, 1.82) is 0 Å². The van der Waals surface area contributed by atoms with Crippen LogP contribution in [0.2, 0.25) is 0 Å². The van der Waals surface area contributed by atoms with Gasteiger partial charge in [-0.1, -0.05) is 13.3 Å². The quantitative estimate of drug-likeness (QED) is 0.678. The molecule has 2 atom stereocenters. The highest BCUT2D eigenvalue weighted by Gasteiger charge is 2.39. The zero-order valence-electron chi connectivity index (χ0n) is 13.3. The molecule has 0 radical (unpaired) electrons. The number of rotatable bonds is 9. The molecule has 0 aromatic heterocycles. The first kappa shape index (κ1) is 15.8. The molecule has 2 unspecified atom stereocenters. The van der Waals surface area contributed by atoms with Crippen molar-refractivity contribution in [2.24, 2.45) is 11.7 Å². The first-order valence-electron chi connectivity index (χ1n) is 8.26. The Balaban J connectivity index is 1.90. The highest BCUT2D eigenvalue weighted by molar-refractivity contribution is 5.84. The summed E-state index contributed by atoms with van der Waals surface area (Å²) in [6.07, 6.45) is 7.29. The number of amides is 1. The lowest BCUT2D eigenvalue weighted by Crippen LogP contribution is -2.57. The molecule has 4 nitrogen and oxygen atoms in total. The third kappa shape index (κ3) is 3.95. The van der Waals surface area contributed by atoms with Crippen LogP contribution in [0.5, 0.6) is 0 Å². The van der Waals surface area contributed by atoms with Crippen LogP contribution in [0, 0.1) is 5.92 Å². The molecule has 116 valence electrons. The van der Waals surface area contributed by atoms with Crippen LogP contribution < -0.4 is 11.1 Å². The van der Waals surface area contributed by atoms with E-state index in [4.69, 9.17) is 5.73 Å². The van der Waals surface area contributed by atoms with E-state index in [-0.39, 0.29) is 5.91 Å². The third-order valence-electron chi connectivity index (χ3n) is 5.09. The maximum absolute atomic E-state index is 11.9. The molecule has 0 aliphatic heterocycles. The summed E-state index contributed by atoms with van der Waals surface area (Å²) in [5.74, 6) is 0.657. The van der Waals surface area contributed by atoms with Gasteiger partial charge in [0.2, 0.25) is 5.91 Å². The van der Waals surface area contributed by atoms with E-state index in [0.29, 0.717) is 12.1 Å². The maximum Gasteiger partial charge on any atom is 0.237 e. The smallest absolute Gasteiger partial charge is 0.237 e. The number of nitrogens with two attached hydrogens (primary N) is 1. The van der Waals surface area contributed by atoms with E-state index < -0.39 is 5.54 Å². The first-order valence-corrected chi connectivity index (χ1v) is 8.26. The minimum absolute atomic E-state index is 0.212. The van der Waals surface area contributed by atoms with Crippen molar-refractivity contribution in [2.45, 2.75) is 76.9 Å². The van der Waals surface area contributed by atoms with Crippen LogP contribution in [0.15, 0.2) is 0 Å². The number of nitrogens with zero attached hydrogens (tertiary/aromatic N) is 1. The van der Waals surface area contributed by atoms with E-state index >= 15 is 0 Å². The minimum Gasteiger partial charge on any atom is -0.368 e. The van der Waals surface area contributed by atoms with Gasteiger partial charge in [-0.15, -0.1) is 0 Å². The van der Waals surface area contributed by atoms with E-state index in [1.54, 1.807) is 0 Å². The topological polar surface area (TPSA) is 58.4 Å². The zero-order valence-corrected chi connectivity index (χ0v) is 13.3. The van der Waals surface area contributed by atoms with E-state index in [9.17, 15) is 4.79 Å². The Labute approximate surface area is 123 Å². The Kier molecular flexibility index (Phi) is 5.08. The standard InChI is InChI=1S/C16H31N3O/c1-4-19(11-13-6-5-7-13)12(2)10-16(3,15(17)20)18-14-8-9-14/h12-14,18H,4-11H2,1-3H3,(H2,17,20). The van der Waals surface area contributed by atoms with Gasteiger partial charge in [0, 0.05) is 18.6 Å². The van der Waals surface area contributed by atoms with E-state index in [2.05, 4.69) is 24.1 Å². The monoisotopic (exact) mass is 281 g/mol. The van der Waals surface area contributed by atoms with Gasteiger partial charge in [-0.3, -0.25) is 4.79 Å². The predicted molar refractivity (Wildman–Crippen MR) is 82.4 cm³/mol. The fourth-order valence-electron chi connectivity index (χ4n) is 3.26. The molecule has 2 fully saturated rings. The van der Waals surface area contributed by atoms with Crippen molar-refractivity contribution < 1.29 is 4.79 Å². The summed E-state index contributed by atoms with van der Waals surface area (Å²) in [6, 6.07) is 0.894. The van der Waals surface area contributed by atoms with Crippen molar-refractivity contribution in [1.82, 2.24) is 10.2 Å². The van der Waals surface area contributed by atoms with Gasteiger partial charge in [-0.05, 0) is 58.4 Å². The molecule has 0 aromatic rings. The second-order valence-electron chi connectivity index (χ2n) is 7.05. The molecule has 2 aliphatic rings. The Morgan fingerprint density at radius 1 is 1.40 bits per heavy atom. The van der Waals surface area contributed by atoms with Crippen LogP contribution in [0.25, 0.3) is 0 Å². The lowest BCUT2D eigenvalue weighted by atomic mass is 9.84. The molecule has 0 spiro atoms. The Hall–Kier alpha value is -0.610. The number of carbonyl (C=O) groups excluding carboxylic acids is 1. The summed E-state index contributed by atoms with van der Waals surface area (Å²) in [4.78, 5) is 14.4. The summed E-state index contributed by atoms with van der Waals surface area (Å²) in [6.45, 7) is 8.65. The highest BCUT2D eigenvalue weighted by atomic mass is 16.1. The molecule has 0 heterocycles. The number of primary amides is 1. The van der Waals surface area contributed by atoms with Gasteiger partial charge in [-0.25, -0.2) is 0 Å². The molecule has 2 saturated carbocycles. The highest BCUT2D eigenvalue weighted by Crippen LogP contribution is 2.29. The van der Waals surface area contributed by atoms with Crippen molar-refractivity contribution in [3.8, 4) is 0 Å². The van der Waals surface area contributed by atoms with Crippen LogP contribution in [0.4, 0.5) is 0 Å². The largest absolute Gasteiger partial charge is 0.368 e. The van der Waals surface area contributed by atoms with E-state index in [1.807, 2.05) is 6.92 Å². The third-order valence-corrected chi connectivity index (χ3v) is 5.09. The van der Waals surface area contributed by atoms with Gasteiger partial charge < -0.3 is 16.0 Å². The minimum atomic E-state index is -0.562. The summed E-state index contributed by atoms with van der Waals surface area (Å²) in [7, 11) is 0. The molecular formula is C16H31N3O. The second-order valence-corrected chi connectivity index (χ2v) is 7.05. The van der Waals surface area contributed by atoms with E-state index in [1.165, 1.54) is 38.6 Å². The van der Waals surface area contributed by atoms with Crippen LogP contribution in [-0.4, -0.2) is 41.5 Å². The van der Waals surface area contributed by atoms with Crippen molar-refractivity contribution in [2.75, 3.05) is 13.1 Å². The lowest BCUT2D eigenvalue weighted by Gasteiger charge is -2.39. The maximum atomic E-state index is 11.9. The lowest BCUT2D eigenvalue weighted by molar-refractivity contribution is -0.124. The molecule has 3 N–H and O–H groups in total. The van der Waals surface area contributed by atoms with Crippen LogP contribution in [0.1, 0.15) is 59.3 Å². The average Bonchev–Trinajstić information content (AvgIpc) is 3.11. The first-order chi connectivity index (χ1) is 9.44. The van der Waals surface area contributed by atoms with Gasteiger partial charge in [0.25, 0.3) is 0 Å². The number of hydrogen-bond acceptors (Lipinski definition) is 3. The molecule has 4 heteroatoms. The van der Waals surface area contributed by atoms with Crippen LogP contribution in [0.3, 0.4) is 0 Å². The fourth-order valence-corrected chi connectivity index (χ4v) is 3.26.